The Kier molecular flexibility index (Phi) is 3.06. The molecule has 1 aliphatic rings. The second-order valence-corrected chi connectivity index (χ2v) is 5.71. The van der Waals surface area contributed by atoms with Gasteiger partial charge in [0.25, 0.3) is 0 Å². The minimum absolute atomic E-state index is 0.174. The van der Waals surface area contributed by atoms with Gasteiger partial charge in [-0.1, -0.05) is 12.1 Å². The van der Waals surface area contributed by atoms with E-state index >= 15 is 0 Å². The van der Waals surface area contributed by atoms with Crippen LogP contribution in [-0.4, -0.2) is 13.2 Å². The van der Waals surface area contributed by atoms with Crippen molar-refractivity contribution >= 4 is 22.7 Å². The van der Waals surface area contributed by atoms with Gasteiger partial charge in [-0.25, -0.2) is 0 Å². The van der Waals surface area contributed by atoms with Crippen molar-refractivity contribution in [2.24, 2.45) is 0 Å². The fourth-order valence-corrected chi connectivity index (χ4v) is 3.66. The third-order valence-corrected chi connectivity index (χ3v) is 4.63. The van der Waals surface area contributed by atoms with Crippen LogP contribution in [0.1, 0.15) is 21.9 Å². The van der Waals surface area contributed by atoms with Crippen LogP contribution in [0.4, 0.5) is 0 Å². The molecule has 0 radical (unpaired) electrons. The van der Waals surface area contributed by atoms with E-state index in [9.17, 15) is 0 Å². The molecule has 0 spiro atoms. The van der Waals surface area contributed by atoms with Crippen LogP contribution in [0.2, 0.25) is 0 Å². The molecule has 0 aliphatic carbocycles. The molecule has 1 fully saturated rings. The van der Waals surface area contributed by atoms with Gasteiger partial charge in [-0.3, -0.25) is 0 Å². The minimum Gasteiger partial charge on any atom is -0.369 e. The van der Waals surface area contributed by atoms with Crippen LogP contribution < -0.4 is 5.32 Å². The topological polar surface area (TPSA) is 21.3 Å². The van der Waals surface area contributed by atoms with E-state index in [0.717, 1.165) is 13.2 Å². The Hall–Kier alpha value is -0.680. The number of rotatable bonds is 2. The van der Waals surface area contributed by atoms with E-state index in [-0.39, 0.29) is 6.10 Å². The summed E-state index contributed by atoms with van der Waals surface area (Å²) < 4.78 is 5.91. The predicted molar refractivity (Wildman–Crippen MR) is 68.1 cm³/mol. The van der Waals surface area contributed by atoms with Crippen LogP contribution in [0.3, 0.4) is 0 Å². The molecule has 0 amide bonds. The van der Waals surface area contributed by atoms with Crippen molar-refractivity contribution in [1.29, 1.82) is 0 Å². The average molecular weight is 251 g/mol. The maximum Gasteiger partial charge on any atom is 0.112 e. The summed E-state index contributed by atoms with van der Waals surface area (Å²) in [6.07, 6.45) is 0.174. The number of hydrogen-bond acceptors (Lipinski definition) is 4. The van der Waals surface area contributed by atoms with Gasteiger partial charge in [0.1, 0.15) is 6.10 Å². The van der Waals surface area contributed by atoms with Gasteiger partial charge in [-0.15, -0.1) is 22.7 Å². The first-order valence-corrected chi connectivity index (χ1v) is 7.13. The molecular weight excluding hydrogens is 238 g/mol. The maximum absolute atomic E-state index is 5.91. The lowest BCUT2D eigenvalue weighted by molar-refractivity contribution is -0.00312. The van der Waals surface area contributed by atoms with E-state index in [1.807, 2.05) is 0 Å². The molecule has 1 N–H and O–H groups in total. The molecule has 1 saturated heterocycles. The van der Waals surface area contributed by atoms with Crippen molar-refractivity contribution in [2.75, 3.05) is 13.2 Å². The first-order chi connectivity index (χ1) is 7.95. The van der Waals surface area contributed by atoms with Crippen LogP contribution in [0.15, 0.2) is 35.0 Å². The van der Waals surface area contributed by atoms with E-state index in [1.54, 1.807) is 22.7 Å². The molecule has 0 saturated carbocycles. The zero-order valence-corrected chi connectivity index (χ0v) is 10.4. The smallest absolute Gasteiger partial charge is 0.112 e. The van der Waals surface area contributed by atoms with Crippen molar-refractivity contribution in [1.82, 2.24) is 5.32 Å². The van der Waals surface area contributed by atoms with E-state index in [2.05, 4.69) is 40.3 Å². The van der Waals surface area contributed by atoms with Gasteiger partial charge < -0.3 is 10.1 Å². The maximum atomic E-state index is 5.91. The highest BCUT2D eigenvalue weighted by Gasteiger charge is 2.29. The summed E-state index contributed by atoms with van der Waals surface area (Å²) in [6.45, 7) is 1.73. The van der Waals surface area contributed by atoms with Gasteiger partial charge in [-0.2, -0.15) is 0 Å². The van der Waals surface area contributed by atoms with Crippen LogP contribution in [0.5, 0.6) is 0 Å². The molecule has 4 heteroatoms. The number of nitrogens with one attached hydrogen (secondary N) is 1. The first-order valence-electron chi connectivity index (χ1n) is 5.37. The molecule has 2 aromatic rings. The SMILES string of the molecule is c1csc(C2NCCOC2c2cccs2)c1. The predicted octanol–water partition coefficient (Wildman–Crippen LogP) is 3.21. The van der Waals surface area contributed by atoms with Gasteiger partial charge in [-0.05, 0) is 22.9 Å². The van der Waals surface area contributed by atoms with Gasteiger partial charge in [0.05, 0.1) is 12.6 Å². The van der Waals surface area contributed by atoms with E-state index in [0.29, 0.717) is 6.04 Å². The van der Waals surface area contributed by atoms with E-state index in [1.165, 1.54) is 9.75 Å². The highest BCUT2D eigenvalue weighted by Crippen LogP contribution is 2.37. The lowest BCUT2D eigenvalue weighted by Gasteiger charge is -2.31. The minimum atomic E-state index is 0.174. The summed E-state index contributed by atoms with van der Waals surface area (Å²) in [7, 11) is 0. The summed E-state index contributed by atoms with van der Waals surface area (Å²) in [6, 6.07) is 8.83. The van der Waals surface area contributed by atoms with Crippen LogP contribution in [-0.2, 0) is 4.74 Å². The molecule has 2 nitrogen and oxygen atoms in total. The number of ether oxygens (including phenoxy) is 1. The molecule has 3 rings (SSSR count). The lowest BCUT2D eigenvalue weighted by atomic mass is 10.1. The van der Waals surface area contributed by atoms with Gasteiger partial charge >= 0.3 is 0 Å². The lowest BCUT2D eigenvalue weighted by Crippen LogP contribution is -2.36. The number of hydrogen-bond donors (Lipinski definition) is 1. The zero-order valence-electron chi connectivity index (χ0n) is 8.76. The molecule has 1 aliphatic heterocycles. The highest BCUT2D eigenvalue weighted by molar-refractivity contribution is 7.10. The van der Waals surface area contributed by atoms with Crippen molar-refractivity contribution in [2.45, 2.75) is 12.1 Å². The summed E-state index contributed by atoms with van der Waals surface area (Å²) in [5, 5.41) is 7.78. The van der Waals surface area contributed by atoms with Crippen LogP contribution in [0, 0.1) is 0 Å². The summed E-state index contributed by atoms with van der Waals surface area (Å²) >= 11 is 3.56. The molecule has 3 heterocycles. The second kappa shape index (κ2) is 4.67. The van der Waals surface area contributed by atoms with Gasteiger partial charge in [0.2, 0.25) is 0 Å². The Labute approximate surface area is 103 Å². The molecule has 0 aromatic carbocycles. The Balaban J connectivity index is 1.90. The molecule has 16 heavy (non-hydrogen) atoms. The van der Waals surface area contributed by atoms with Crippen molar-refractivity contribution in [3.05, 3.63) is 44.8 Å². The van der Waals surface area contributed by atoms with Crippen molar-refractivity contribution in [3.63, 3.8) is 0 Å². The Morgan fingerprint density at radius 2 is 1.88 bits per heavy atom. The summed E-state index contributed by atoms with van der Waals surface area (Å²) in [5.74, 6) is 0. The summed E-state index contributed by atoms with van der Waals surface area (Å²) in [5.41, 5.74) is 0. The van der Waals surface area contributed by atoms with Gasteiger partial charge in [0.15, 0.2) is 0 Å². The molecule has 0 bridgehead atoms. The Morgan fingerprint density at radius 3 is 2.56 bits per heavy atom. The monoisotopic (exact) mass is 251 g/mol. The normalized spacial score (nSPS) is 25.8. The molecule has 2 unspecified atom stereocenters. The zero-order chi connectivity index (χ0) is 10.8. The molecule has 84 valence electrons. The van der Waals surface area contributed by atoms with Crippen LogP contribution in [0.25, 0.3) is 0 Å². The van der Waals surface area contributed by atoms with Crippen molar-refractivity contribution < 1.29 is 4.74 Å². The number of thiophene rings is 2. The standard InChI is InChI=1S/C12H13NOS2/c1-3-9(15-7-1)11-12(14-6-5-13-11)10-4-2-8-16-10/h1-4,7-8,11-13H,5-6H2. The van der Waals surface area contributed by atoms with Gasteiger partial charge in [0, 0.05) is 16.3 Å². The fraction of sp³-hybridized carbons (Fsp3) is 0.333. The van der Waals surface area contributed by atoms with E-state index < -0.39 is 0 Å². The molecule has 2 atom stereocenters. The molecule has 2 aromatic heterocycles. The van der Waals surface area contributed by atoms with Crippen LogP contribution >= 0.6 is 22.7 Å². The number of morpholine rings is 1. The third kappa shape index (κ3) is 1.94. The fourth-order valence-electron chi connectivity index (χ4n) is 2.02. The third-order valence-electron chi connectivity index (χ3n) is 2.74. The highest BCUT2D eigenvalue weighted by atomic mass is 32.1. The quantitative estimate of drug-likeness (QED) is 0.885. The largest absolute Gasteiger partial charge is 0.369 e. The Morgan fingerprint density at radius 1 is 1.12 bits per heavy atom. The van der Waals surface area contributed by atoms with E-state index in [4.69, 9.17) is 4.74 Å². The molecular formula is C12H13NOS2. The summed E-state index contributed by atoms with van der Waals surface area (Å²) in [4.78, 5) is 2.67. The first kappa shape index (κ1) is 10.5. The second-order valence-electron chi connectivity index (χ2n) is 3.75. The van der Waals surface area contributed by atoms with Crippen molar-refractivity contribution in [3.8, 4) is 0 Å². The average Bonchev–Trinajstić information content (AvgIpc) is 3.03. The Bertz CT molecular complexity index is 382.